The maximum Gasteiger partial charge on any atom is 0.310 e. The van der Waals surface area contributed by atoms with Gasteiger partial charge in [0.05, 0.1) is 4.92 Å². The van der Waals surface area contributed by atoms with Crippen LogP contribution in [0.1, 0.15) is 17.3 Å². The number of nitrogens with zero attached hydrogens (tertiary/aromatic N) is 2. The number of likely N-dealkylation sites (N-methyl/N-ethyl adjacent to an activating group) is 1. The smallest absolute Gasteiger partial charge is 0.310 e. The molecule has 1 amide bonds. The van der Waals surface area contributed by atoms with E-state index in [2.05, 4.69) is 6.58 Å². The SMILES string of the molecule is C=C(C)CN(C)C(=O)c1ccc([N+](=O)[O-])c(O)c1. The van der Waals surface area contributed by atoms with Crippen molar-refractivity contribution in [2.24, 2.45) is 0 Å². The summed E-state index contributed by atoms with van der Waals surface area (Å²) >= 11 is 0. The Balaban J connectivity index is 2.98. The zero-order chi connectivity index (χ0) is 13.9. The summed E-state index contributed by atoms with van der Waals surface area (Å²) in [4.78, 5) is 23.2. The summed E-state index contributed by atoms with van der Waals surface area (Å²) in [5.74, 6) is -0.849. The van der Waals surface area contributed by atoms with E-state index < -0.39 is 16.4 Å². The highest BCUT2D eigenvalue weighted by Gasteiger charge is 2.18. The fourth-order valence-electron chi connectivity index (χ4n) is 1.51. The molecule has 0 atom stereocenters. The molecule has 0 unspecified atom stereocenters. The van der Waals surface area contributed by atoms with Crippen molar-refractivity contribution in [2.45, 2.75) is 6.92 Å². The molecule has 0 aliphatic heterocycles. The Hall–Kier alpha value is -2.37. The molecule has 1 aromatic carbocycles. The average molecular weight is 250 g/mol. The second kappa shape index (κ2) is 5.31. The number of phenolic OH excluding ortho intramolecular Hbond substituents is 1. The predicted octanol–water partition coefficient (Wildman–Crippen LogP) is 1.95. The number of carbonyl (C=O) groups is 1. The van der Waals surface area contributed by atoms with Crippen LogP contribution in [0.4, 0.5) is 5.69 Å². The zero-order valence-corrected chi connectivity index (χ0v) is 10.2. The van der Waals surface area contributed by atoms with Crippen molar-refractivity contribution in [3.8, 4) is 5.75 Å². The molecular formula is C12H14N2O4. The van der Waals surface area contributed by atoms with Gasteiger partial charge < -0.3 is 10.0 Å². The molecule has 0 saturated heterocycles. The second-order valence-electron chi connectivity index (χ2n) is 4.08. The van der Waals surface area contributed by atoms with Gasteiger partial charge in [0, 0.05) is 25.2 Å². The van der Waals surface area contributed by atoms with Gasteiger partial charge in [-0.05, 0) is 19.1 Å². The lowest BCUT2D eigenvalue weighted by atomic mass is 10.1. The summed E-state index contributed by atoms with van der Waals surface area (Å²) in [5, 5.41) is 20.0. The number of nitro benzene ring substituents is 1. The Morgan fingerprint density at radius 1 is 1.56 bits per heavy atom. The third-order valence-corrected chi connectivity index (χ3v) is 2.27. The summed E-state index contributed by atoms with van der Waals surface area (Å²) < 4.78 is 0. The van der Waals surface area contributed by atoms with E-state index in [9.17, 15) is 20.0 Å². The van der Waals surface area contributed by atoms with Crippen molar-refractivity contribution >= 4 is 11.6 Å². The molecule has 1 aromatic rings. The van der Waals surface area contributed by atoms with Crippen LogP contribution in [0.15, 0.2) is 30.4 Å². The fourth-order valence-corrected chi connectivity index (χ4v) is 1.51. The van der Waals surface area contributed by atoms with E-state index in [1.54, 1.807) is 14.0 Å². The number of amides is 1. The zero-order valence-electron chi connectivity index (χ0n) is 10.2. The lowest BCUT2D eigenvalue weighted by Gasteiger charge is -2.17. The van der Waals surface area contributed by atoms with Crippen LogP contribution in [0.3, 0.4) is 0 Å². The molecule has 6 nitrogen and oxygen atoms in total. The van der Waals surface area contributed by atoms with E-state index in [4.69, 9.17) is 0 Å². The quantitative estimate of drug-likeness (QED) is 0.503. The van der Waals surface area contributed by atoms with Crippen LogP contribution >= 0.6 is 0 Å². The molecule has 0 spiro atoms. The van der Waals surface area contributed by atoms with Crippen LogP contribution in [-0.2, 0) is 0 Å². The van der Waals surface area contributed by atoms with Crippen LogP contribution in [0.2, 0.25) is 0 Å². The van der Waals surface area contributed by atoms with Crippen molar-refractivity contribution in [1.82, 2.24) is 4.90 Å². The first-order valence-corrected chi connectivity index (χ1v) is 5.20. The second-order valence-corrected chi connectivity index (χ2v) is 4.08. The van der Waals surface area contributed by atoms with Crippen LogP contribution in [0, 0.1) is 10.1 Å². The summed E-state index contributed by atoms with van der Waals surface area (Å²) in [6.07, 6.45) is 0. The van der Waals surface area contributed by atoms with Crippen molar-refractivity contribution in [3.63, 3.8) is 0 Å². The number of nitro groups is 1. The monoisotopic (exact) mass is 250 g/mol. The summed E-state index contributed by atoms with van der Waals surface area (Å²) in [7, 11) is 1.59. The van der Waals surface area contributed by atoms with E-state index in [1.807, 2.05) is 0 Å². The Morgan fingerprint density at radius 3 is 2.61 bits per heavy atom. The first kappa shape index (κ1) is 13.7. The standard InChI is InChI=1S/C12H14N2O4/c1-8(2)7-13(3)12(16)9-4-5-10(14(17)18)11(15)6-9/h4-6,15H,1,7H2,2-3H3. The first-order valence-electron chi connectivity index (χ1n) is 5.20. The van der Waals surface area contributed by atoms with Gasteiger partial charge >= 0.3 is 5.69 Å². The number of aromatic hydroxyl groups is 1. The highest BCUT2D eigenvalue weighted by molar-refractivity contribution is 5.95. The van der Waals surface area contributed by atoms with Crippen LogP contribution < -0.4 is 0 Å². The van der Waals surface area contributed by atoms with Gasteiger partial charge in [-0.1, -0.05) is 12.2 Å². The molecule has 6 heteroatoms. The number of hydrogen-bond acceptors (Lipinski definition) is 4. The normalized spacial score (nSPS) is 9.89. The maximum absolute atomic E-state index is 11.9. The Bertz CT molecular complexity index is 511. The highest BCUT2D eigenvalue weighted by atomic mass is 16.6. The van der Waals surface area contributed by atoms with Crippen molar-refractivity contribution < 1.29 is 14.8 Å². The Morgan fingerprint density at radius 2 is 2.17 bits per heavy atom. The number of rotatable bonds is 4. The van der Waals surface area contributed by atoms with Gasteiger partial charge in [0.15, 0.2) is 5.75 Å². The van der Waals surface area contributed by atoms with E-state index in [0.29, 0.717) is 6.54 Å². The minimum atomic E-state index is -0.707. The molecule has 0 aromatic heterocycles. The van der Waals surface area contributed by atoms with Crippen LogP contribution in [-0.4, -0.2) is 34.4 Å². The van der Waals surface area contributed by atoms with E-state index in [1.165, 1.54) is 11.0 Å². The van der Waals surface area contributed by atoms with Crippen molar-refractivity contribution in [1.29, 1.82) is 0 Å². The third-order valence-electron chi connectivity index (χ3n) is 2.27. The van der Waals surface area contributed by atoms with Gasteiger partial charge in [0.25, 0.3) is 5.91 Å². The number of hydrogen-bond donors (Lipinski definition) is 1. The first-order chi connectivity index (χ1) is 8.32. The molecule has 18 heavy (non-hydrogen) atoms. The molecule has 1 rings (SSSR count). The van der Waals surface area contributed by atoms with Gasteiger partial charge in [-0.2, -0.15) is 0 Å². The largest absolute Gasteiger partial charge is 0.502 e. The van der Waals surface area contributed by atoms with Crippen LogP contribution in [0.25, 0.3) is 0 Å². The minimum absolute atomic E-state index is 0.196. The molecule has 0 bridgehead atoms. The molecular weight excluding hydrogens is 236 g/mol. The van der Waals surface area contributed by atoms with E-state index >= 15 is 0 Å². The molecule has 1 N–H and O–H groups in total. The molecule has 0 fully saturated rings. The predicted molar refractivity (Wildman–Crippen MR) is 66.5 cm³/mol. The number of carbonyl (C=O) groups excluding carboxylic acids is 1. The summed E-state index contributed by atoms with van der Waals surface area (Å²) in [5.41, 5.74) is 0.591. The highest BCUT2D eigenvalue weighted by Crippen LogP contribution is 2.26. The fraction of sp³-hybridized carbons (Fsp3) is 0.250. The molecule has 96 valence electrons. The Labute approximate surface area is 104 Å². The maximum atomic E-state index is 11.9. The molecule has 0 heterocycles. The van der Waals surface area contributed by atoms with Gasteiger partial charge in [-0.25, -0.2) is 0 Å². The van der Waals surface area contributed by atoms with E-state index in [0.717, 1.165) is 17.7 Å². The molecule has 0 radical (unpaired) electrons. The van der Waals surface area contributed by atoms with Crippen molar-refractivity contribution in [2.75, 3.05) is 13.6 Å². The number of phenols is 1. The average Bonchev–Trinajstić information content (AvgIpc) is 2.26. The van der Waals surface area contributed by atoms with Gasteiger partial charge in [-0.15, -0.1) is 0 Å². The van der Waals surface area contributed by atoms with Gasteiger partial charge in [0.2, 0.25) is 0 Å². The topological polar surface area (TPSA) is 83.7 Å². The van der Waals surface area contributed by atoms with E-state index in [-0.39, 0.29) is 11.5 Å². The Kier molecular flexibility index (Phi) is 4.04. The third kappa shape index (κ3) is 3.07. The van der Waals surface area contributed by atoms with Crippen molar-refractivity contribution in [3.05, 3.63) is 46.0 Å². The number of benzene rings is 1. The lowest BCUT2D eigenvalue weighted by Crippen LogP contribution is -2.28. The summed E-state index contributed by atoms with van der Waals surface area (Å²) in [6.45, 7) is 5.87. The molecule has 0 aliphatic carbocycles. The molecule has 0 aliphatic rings. The lowest BCUT2D eigenvalue weighted by molar-refractivity contribution is -0.385. The summed E-state index contributed by atoms with van der Waals surface area (Å²) in [6, 6.07) is 3.52. The van der Waals surface area contributed by atoms with Crippen LogP contribution in [0.5, 0.6) is 5.75 Å². The minimum Gasteiger partial charge on any atom is -0.502 e. The van der Waals surface area contributed by atoms with Gasteiger partial charge in [0.1, 0.15) is 0 Å². The molecule has 0 saturated carbocycles. The van der Waals surface area contributed by atoms with Gasteiger partial charge in [-0.3, -0.25) is 14.9 Å².